The summed E-state index contributed by atoms with van der Waals surface area (Å²) in [5, 5.41) is 17.3. The quantitative estimate of drug-likeness (QED) is 0.912. The lowest BCUT2D eigenvalue weighted by Gasteiger charge is -2.12. The first kappa shape index (κ1) is 13.3. The summed E-state index contributed by atoms with van der Waals surface area (Å²) in [6, 6.07) is 3.28. The van der Waals surface area contributed by atoms with Gasteiger partial charge >= 0.3 is 12.3 Å². The lowest BCUT2D eigenvalue weighted by molar-refractivity contribution is -0.274. The summed E-state index contributed by atoms with van der Waals surface area (Å²) in [5.74, 6) is -2.24. The number of carboxylic acid groups (broad SMARTS) is 1. The van der Waals surface area contributed by atoms with Gasteiger partial charge in [0.2, 0.25) is 0 Å². The van der Waals surface area contributed by atoms with Crippen molar-refractivity contribution in [2.24, 2.45) is 0 Å². The van der Waals surface area contributed by atoms with Crippen LogP contribution in [0.15, 0.2) is 16.6 Å². The zero-order valence-electron chi connectivity index (χ0n) is 7.88. The second kappa shape index (κ2) is 4.63. The molecule has 1 aromatic rings. The van der Waals surface area contributed by atoms with E-state index < -0.39 is 23.6 Å². The van der Waals surface area contributed by atoms with Crippen molar-refractivity contribution in [1.29, 1.82) is 5.26 Å². The van der Waals surface area contributed by atoms with E-state index >= 15 is 0 Å². The van der Waals surface area contributed by atoms with Crippen LogP contribution in [0.1, 0.15) is 15.9 Å². The van der Waals surface area contributed by atoms with E-state index in [9.17, 15) is 18.0 Å². The number of ether oxygens (including phenoxy) is 1. The predicted octanol–water partition coefficient (Wildman–Crippen LogP) is 2.92. The molecule has 0 unspecified atom stereocenters. The molecule has 0 heterocycles. The van der Waals surface area contributed by atoms with E-state index in [4.69, 9.17) is 10.4 Å². The van der Waals surface area contributed by atoms with Gasteiger partial charge < -0.3 is 9.84 Å². The summed E-state index contributed by atoms with van der Waals surface area (Å²) in [5.41, 5.74) is -0.729. The van der Waals surface area contributed by atoms with Gasteiger partial charge in [0.15, 0.2) is 0 Å². The summed E-state index contributed by atoms with van der Waals surface area (Å²) < 4.78 is 39.3. The fraction of sp³-hybridized carbons (Fsp3) is 0.111. The largest absolute Gasteiger partial charge is 0.573 e. The third kappa shape index (κ3) is 3.35. The van der Waals surface area contributed by atoms with Crippen molar-refractivity contribution in [2.75, 3.05) is 0 Å². The average Bonchev–Trinajstić information content (AvgIpc) is 2.18. The molecular formula is C9H3BrF3NO3. The normalized spacial score (nSPS) is 10.8. The highest BCUT2D eigenvalue weighted by Gasteiger charge is 2.33. The van der Waals surface area contributed by atoms with Gasteiger partial charge in [-0.1, -0.05) is 0 Å². The Morgan fingerprint density at radius 2 is 2.06 bits per heavy atom. The van der Waals surface area contributed by atoms with Crippen molar-refractivity contribution in [3.05, 3.63) is 27.7 Å². The number of aromatic carboxylic acids is 1. The van der Waals surface area contributed by atoms with Crippen LogP contribution in [-0.2, 0) is 0 Å². The van der Waals surface area contributed by atoms with Gasteiger partial charge in [0.05, 0.1) is 21.7 Å². The SMILES string of the molecule is N#Cc1cc(OC(F)(F)F)c(Br)c(C(=O)O)c1. The molecule has 17 heavy (non-hydrogen) atoms. The second-order valence-electron chi connectivity index (χ2n) is 2.80. The summed E-state index contributed by atoms with van der Waals surface area (Å²) in [6.45, 7) is 0. The molecular weight excluding hydrogens is 307 g/mol. The number of hydrogen-bond acceptors (Lipinski definition) is 3. The molecule has 0 aliphatic heterocycles. The molecule has 1 rings (SSSR count). The van der Waals surface area contributed by atoms with Gasteiger partial charge in [0.1, 0.15) is 5.75 Å². The van der Waals surface area contributed by atoms with E-state index in [0.717, 1.165) is 12.1 Å². The topological polar surface area (TPSA) is 70.3 Å². The Kier molecular flexibility index (Phi) is 3.63. The molecule has 0 radical (unpaired) electrons. The van der Waals surface area contributed by atoms with Crippen molar-refractivity contribution in [2.45, 2.75) is 6.36 Å². The second-order valence-corrected chi connectivity index (χ2v) is 3.59. The highest BCUT2D eigenvalue weighted by atomic mass is 79.9. The predicted molar refractivity (Wildman–Crippen MR) is 52.5 cm³/mol. The smallest absolute Gasteiger partial charge is 0.478 e. The van der Waals surface area contributed by atoms with Crippen LogP contribution in [0.25, 0.3) is 0 Å². The molecule has 0 saturated carbocycles. The Hall–Kier alpha value is -1.75. The van der Waals surface area contributed by atoms with Crippen LogP contribution in [0.4, 0.5) is 13.2 Å². The van der Waals surface area contributed by atoms with Crippen molar-refractivity contribution in [3.63, 3.8) is 0 Å². The van der Waals surface area contributed by atoms with Crippen LogP contribution < -0.4 is 4.74 Å². The number of carboxylic acids is 1. The molecule has 0 atom stereocenters. The van der Waals surface area contributed by atoms with Crippen LogP contribution in [0.2, 0.25) is 0 Å². The number of nitrogens with zero attached hydrogens (tertiary/aromatic N) is 1. The molecule has 0 fully saturated rings. The molecule has 4 nitrogen and oxygen atoms in total. The molecule has 0 spiro atoms. The molecule has 0 aromatic heterocycles. The lowest BCUT2D eigenvalue weighted by atomic mass is 10.1. The zero-order valence-corrected chi connectivity index (χ0v) is 9.46. The first-order chi connectivity index (χ1) is 7.74. The molecule has 0 saturated heterocycles. The van der Waals surface area contributed by atoms with Gasteiger partial charge in [-0.05, 0) is 28.1 Å². The van der Waals surface area contributed by atoms with Crippen LogP contribution in [0, 0.1) is 11.3 Å². The molecule has 0 aliphatic rings. The van der Waals surface area contributed by atoms with Crippen molar-refractivity contribution >= 4 is 21.9 Å². The summed E-state index contributed by atoms with van der Waals surface area (Å²) in [7, 11) is 0. The molecule has 8 heteroatoms. The van der Waals surface area contributed by atoms with Crippen LogP contribution >= 0.6 is 15.9 Å². The van der Waals surface area contributed by atoms with E-state index in [1.807, 2.05) is 0 Å². The highest BCUT2D eigenvalue weighted by molar-refractivity contribution is 9.10. The maximum atomic E-state index is 12.0. The van der Waals surface area contributed by atoms with Crippen molar-refractivity contribution < 1.29 is 27.8 Å². The van der Waals surface area contributed by atoms with E-state index in [-0.39, 0.29) is 10.0 Å². The van der Waals surface area contributed by atoms with Crippen molar-refractivity contribution in [3.8, 4) is 11.8 Å². The van der Waals surface area contributed by atoms with Crippen LogP contribution in [0.5, 0.6) is 5.75 Å². The highest BCUT2D eigenvalue weighted by Crippen LogP contribution is 2.34. The van der Waals surface area contributed by atoms with Gasteiger partial charge in [0.25, 0.3) is 0 Å². The minimum absolute atomic E-state index is 0.246. The summed E-state index contributed by atoms with van der Waals surface area (Å²) in [4.78, 5) is 10.7. The first-order valence-electron chi connectivity index (χ1n) is 3.97. The van der Waals surface area contributed by atoms with Crippen LogP contribution in [-0.4, -0.2) is 17.4 Å². The Bertz CT molecular complexity index is 507. The fourth-order valence-corrected chi connectivity index (χ4v) is 1.50. The van der Waals surface area contributed by atoms with E-state index in [1.54, 1.807) is 6.07 Å². The number of alkyl halides is 3. The Labute approximate surface area is 101 Å². The first-order valence-corrected chi connectivity index (χ1v) is 4.76. The zero-order chi connectivity index (χ0) is 13.2. The summed E-state index contributed by atoms with van der Waals surface area (Å²) >= 11 is 2.68. The fourth-order valence-electron chi connectivity index (χ4n) is 1.02. The van der Waals surface area contributed by atoms with Gasteiger partial charge in [0, 0.05) is 0 Å². The maximum Gasteiger partial charge on any atom is 0.573 e. The van der Waals surface area contributed by atoms with Gasteiger partial charge in [-0.15, -0.1) is 13.2 Å². The Balaban J connectivity index is 3.35. The van der Waals surface area contributed by atoms with E-state index in [1.165, 1.54) is 0 Å². The van der Waals surface area contributed by atoms with Gasteiger partial charge in [-0.2, -0.15) is 5.26 Å². The maximum absolute atomic E-state index is 12.0. The average molecular weight is 310 g/mol. The monoisotopic (exact) mass is 309 g/mol. The lowest BCUT2D eigenvalue weighted by Crippen LogP contribution is -2.18. The van der Waals surface area contributed by atoms with Crippen molar-refractivity contribution in [1.82, 2.24) is 0 Å². The molecule has 1 N–H and O–H groups in total. The minimum Gasteiger partial charge on any atom is -0.478 e. The number of halogens is 4. The third-order valence-electron chi connectivity index (χ3n) is 1.62. The van der Waals surface area contributed by atoms with Crippen LogP contribution in [0.3, 0.4) is 0 Å². The molecule has 90 valence electrons. The number of nitriles is 1. The number of carbonyl (C=O) groups is 1. The van der Waals surface area contributed by atoms with E-state index in [0.29, 0.717) is 0 Å². The molecule has 0 bridgehead atoms. The standard InChI is InChI=1S/C9H3BrF3NO3/c10-7-5(8(15)16)1-4(3-14)2-6(7)17-9(11,12)13/h1-2H,(H,15,16). The van der Waals surface area contributed by atoms with Gasteiger partial charge in [-0.3, -0.25) is 0 Å². The Morgan fingerprint density at radius 1 is 1.47 bits per heavy atom. The number of rotatable bonds is 2. The van der Waals surface area contributed by atoms with Gasteiger partial charge in [-0.25, -0.2) is 4.79 Å². The third-order valence-corrected chi connectivity index (χ3v) is 2.44. The minimum atomic E-state index is -4.97. The number of hydrogen-bond donors (Lipinski definition) is 1. The van der Waals surface area contributed by atoms with E-state index in [2.05, 4.69) is 20.7 Å². The summed E-state index contributed by atoms with van der Waals surface area (Å²) in [6.07, 6.45) is -4.97. The molecule has 0 aliphatic carbocycles. The number of benzene rings is 1. The molecule has 1 aromatic carbocycles. The Morgan fingerprint density at radius 3 is 2.47 bits per heavy atom. The molecule has 0 amide bonds.